The molecule has 0 aliphatic carbocycles. The number of anilines is 1. The lowest BCUT2D eigenvalue weighted by Crippen LogP contribution is -2.43. The monoisotopic (exact) mass is 165 g/mol. The highest BCUT2D eigenvalue weighted by molar-refractivity contribution is 5.50. The van der Waals surface area contributed by atoms with Crippen LogP contribution in [0.15, 0.2) is 12.3 Å². The molecule has 0 amide bonds. The molecule has 1 saturated heterocycles. The zero-order chi connectivity index (χ0) is 8.39. The van der Waals surface area contributed by atoms with Crippen molar-refractivity contribution in [3.05, 3.63) is 18.0 Å². The van der Waals surface area contributed by atoms with Crippen LogP contribution in [0.3, 0.4) is 0 Å². The van der Waals surface area contributed by atoms with E-state index in [2.05, 4.69) is 28.2 Å². The third kappa shape index (κ3) is 1.32. The second-order valence-electron chi connectivity index (χ2n) is 3.22. The molecule has 2 heterocycles. The van der Waals surface area contributed by atoms with Crippen LogP contribution in [-0.2, 0) is 0 Å². The van der Waals surface area contributed by atoms with E-state index in [9.17, 15) is 0 Å². The van der Waals surface area contributed by atoms with Gasteiger partial charge in [-0.05, 0) is 13.0 Å². The van der Waals surface area contributed by atoms with Crippen LogP contribution in [0.2, 0.25) is 0 Å². The van der Waals surface area contributed by atoms with E-state index in [4.69, 9.17) is 0 Å². The fourth-order valence-corrected chi connectivity index (χ4v) is 1.69. The van der Waals surface area contributed by atoms with Crippen LogP contribution in [0.5, 0.6) is 0 Å². The summed E-state index contributed by atoms with van der Waals surface area (Å²) < 4.78 is 0. The summed E-state index contributed by atoms with van der Waals surface area (Å²) in [6.45, 7) is 6.57. The van der Waals surface area contributed by atoms with Crippen LogP contribution in [-0.4, -0.2) is 31.2 Å². The van der Waals surface area contributed by atoms with Gasteiger partial charge in [-0.3, -0.25) is 0 Å². The summed E-state index contributed by atoms with van der Waals surface area (Å²) in [5, 5.41) is 3.34. The standard InChI is InChI=1S/C9H15N3/c1-8-9(2-3-11-8)12-6-4-10-5-7-12/h2-3,10-11H,4-7H2,1H3. The maximum atomic E-state index is 3.34. The number of nitrogens with one attached hydrogen (secondary N) is 2. The van der Waals surface area contributed by atoms with E-state index in [-0.39, 0.29) is 0 Å². The fraction of sp³-hybridized carbons (Fsp3) is 0.556. The zero-order valence-electron chi connectivity index (χ0n) is 7.43. The molecule has 1 aromatic heterocycles. The van der Waals surface area contributed by atoms with Gasteiger partial charge in [0.25, 0.3) is 0 Å². The van der Waals surface area contributed by atoms with Crippen LogP contribution in [0, 0.1) is 6.92 Å². The van der Waals surface area contributed by atoms with Crippen molar-refractivity contribution in [3.8, 4) is 0 Å². The molecule has 1 aliphatic rings. The second-order valence-corrected chi connectivity index (χ2v) is 3.22. The molecule has 0 aromatic carbocycles. The van der Waals surface area contributed by atoms with E-state index in [0.717, 1.165) is 26.2 Å². The molecule has 1 aliphatic heterocycles. The topological polar surface area (TPSA) is 31.1 Å². The second kappa shape index (κ2) is 3.19. The molecule has 66 valence electrons. The molecule has 3 nitrogen and oxygen atoms in total. The summed E-state index contributed by atoms with van der Waals surface area (Å²) in [6, 6.07) is 2.15. The number of piperazine rings is 1. The van der Waals surface area contributed by atoms with Gasteiger partial charge in [0.15, 0.2) is 0 Å². The highest BCUT2D eigenvalue weighted by Crippen LogP contribution is 2.18. The van der Waals surface area contributed by atoms with Gasteiger partial charge in [0, 0.05) is 38.1 Å². The first-order chi connectivity index (χ1) is 5.88. The normalized spacial score (nSPS) is 18.2. The fourth-order valence-electron chi connectivity index (χ4n) is 1.69. The summed E-state index contributed by atoms with van der Waals surface area (Å²) in [5.41, 5.74) is 2.63. The molecule has 1 fully saturated rings. The molecule has 0 atom stereocenters. The number of hydrogen-bond acceptors (Lipinski definition) is 2. The molecule has 2 N–H and O–H groups in total. The van der Waals surface area contributed by atoms with Crippen molar-refractivity contribution < 1.29 is 0 Å². The van der Waals surface area contributed by atoms with E-state index < -0.39 is 0 Å². The number of aromatic amines is 1. The largest absolute Gasteiger partial charge is 0.368 e. The summed E-state index contributed by atoms with van der Waals surface area (Å²) >= 11 is 0. The van der Waals surface area contributed by atoms with Crippen molar-refractivity contribution in [2.24, 2.45) is 0 Å². The Morgan fingerprint density at radius 3 is 2.67 bits per heavy atom. The van der Waals surface area contributed by atoms with Crippen molar-refractivity contribution in [2.75, 3.05) is 31.1 Å². The Morgan fingerprint density at radius 1 is 1.33 bits per heavy atom. The summed E-state index contributed by atoms with van der Waals surface area (Å²) in [7, 11) is 0. The molecule has 0 saturated carbocycles. The molecule has 3 heteroatoms. The van der Waals surface area contributed by atoms with E-state index in [1.165, 1.54) is 11.4 Å². The van der Waals surface area contributed by atoms with Crippen LogP contribution in [0.1, 0.15) is 5.69 Å². The summed E-state index contributed by atoms with van der Waals surface area (Å²) in [5.74, 6) is 0. The Hall–Kier alpha value is -0.960. The Bertz CT molecular complexity index is 248. The molecule has 2 rings (SSSR count). The smallest absolute Gasteiger partial charge is 0.0574 e. The lowest BCUT2D eigenvalue weighted by Gasteiger charge is -2.29. The van der Waals surface area contributed by atoms with E-state index >= 15 is 0 Å². The van der Waals surface area contributed by atoms with Gasteiger partial charge in [-0.2, -0.15) is 0 Å². The van der Waals surface area contributed by atoms with Crippen LogP contribution >= 0.6 is 0 Å². The Balaban J connectivity index is 2.13. The average molecular weight is 165 g/mol. The maximum absolute atomic E-state index is 3.34. The number of rotatable bonds is 1. The van der Waals surface area contributed by atoms with Crippen LogP contribution < -0.4 is 10.2 Å². The maximum Gasteiger partial charge on any atom is 0.0574 e. The third-order valence-corrected chi connectivity index (χ3v) is 2.38. The SMILES string of the molecule is Cc1[nH]ccc1N1CCNCC1. The highest BCUT2D eigenvalue weighted by atomic mass is 15.2. The zero-order valence-corrected chi connectivity index (χ0v) is 7.43. The average Bonchev–Trinajstić information content (AvgIpc) is 2.53. The number of aryl methyl sites for hydroxylation is 1. The van der Waals surface area contributed by atoms with E-state index in [0.29, 0.717) is 0 Å². The van der Waals surface area contributed by atoms with Crippen molar-refractivity contribution in [1.82, 2.24) is 10.3 Å². The summed E-state index contributed by atoms with van der Waals surface area (Å²) in [6.07, 6.45) is 2.01. The van der Waals surface area contributed by atoms with Gasteiger partial charge >= 0.3 is 0 Å². The van der Waals surface area contributed by atoms with Crippen molar-refractivity contribution in [2.45, 2.75) is 6.92 Å². The predicted octanol–water partition coefficient (Wildman–Crippen LogP) is 0.733. The lowest BCUT2D eigenvalue weighted by atomic mass is 10.3. The molecular weight excluding hydrogens is 150 g/mol. The van der Waals surface area contributed by atoms with Gasteiger partial charge in [0.2, 0.25) is 0 Å². The Morgan fingerprint density at radius 2 is 2.08 bits per heavy atom. The van der Waals surface area contributed by atoms with Crippen molar-refractivity contribution in [1.29, 1.82) is 0 Å². The first-order valence-corrected chi connectivity index (χ1v) is 4.47. The molecule has 0 spiro atoms. The van der Waals surface area contributed by atoms with Crippen LogP contribution in [0.4, 0.5) is 5.69 Å². The molecule has 0 unspecified atom stereocenters. The third-order valence-electron chi connectivity index (χ3n) is 2.38. The van der Waals surface area contributed by atoms with Gasteiger partial charge in [-0.15, -0.1) is 0 Å². The molecular formula is C9H15N3. The highest BCUT2D eigenvalue weighted by Gasteiger charge is 2.12. The van der Waals surface area contributed by atoms with Crippen LogP contribution in [0.25, 0.3) is 0 Å². The number of H-pyrrole nitrogens is 1. The lowest BCUT2D eigenvalue weighted by molar-refractivity contribution is 0.588. The Labute approximate surface area is 72.8 Å². The van der Waals surface area contributed by atoms with Gasteiger partial charge in [0.1, 0.15) is 0 Å². The number of hydrogen-bond donors (Lipinski definition) is 2. The van der Waals surface area contributed by atoms with Crippen molar-refractivity contribution >= 4 is 5.69 Å². The van der Waals surface area contributed by atoms with Gasteiger partial charge < -0.3 is 15.2 Å². The minimum absolute atomic E-state index is 1.10. The number of nitrogens with zero attached hydrogens (tertiary/aromatic N) is 1. The van der Waals surface area contributed by atoms with Gasteiger partial charge in [-0.25, -0.2) is 0 Å². The molecule has 0 radical (unpaired) electrons. The molecule has 12 heavy (non-hydrogen) atoms. The van der Waals surface area contributed by atoms with Crippen molar-refractivity contribution in [3.63, 3.8) is 0 Å². The quantitative estimate of drug-likeness (QED) is 0.643. The number of aromatic nitrogens is 1. The minimum Gasteiger partial charge on any atom is -0.368 e. The van der Waals surface area contributed by atoms with Gasteiger partial charge in [0.05, 0.1) is 5.69 Å². The first-order valence-electron chi connectivity index (χ1n) is 4.47. The Kier molecular flexibility index (Phi) is 2.04. The molecule has 0 bridgehead atoms. The first kappa shape index (κ1) is 7.68. The molecule has 1 aromatic rings. The van der Waals surface area contributed by atoms with E-state index in [1.54, 1.807) is 0 Å². The van der Waals surface area contributed by atoms with Gasteiger partial charge in [-0.1, -0.05) is 0 Å². The predicted molar refractivity (Wildman–Crippen MR) is 50.6 cm³/mol. The van der Waals surface area contributed by atoms with E-state index in [1.807, 2.05) is 6.20 Å². The summed E-state index contributed by atoms with van der Waals surface area (Å²) in [4.78, 5) is 5.62. The minimum atomic E-state index is 1.10.